The first-order valence-electron chi connectivity index (χ1n) is 8.64. The minimum Gasteiger partial charge on any atom is -0.379 e. The summed E-state index contributed by atoms with van der Waals surface area (Å²) in [6.45, 7) is 3.62. The molecule has 0 spiro atoms. The van der Waals surface area contributed by atoms with Crippen molar-refractivity contribution in [1.29, 1.82) is 0 Å². The van der Waals surface area contributed by atoms with Crippen LogP contribution in [0.5, 0.6) is 0 Å². The Morgan fingerprint density at radius 3 is 2.59 bits per heavy atom. The fourth-order valence-corrected chi connectivity index (χ4v) is 3.39. The van der Waals surface area contributed by atoms with Crippen LogP contribution in [0.25, 0.3) is 0 Å². The van der Waals surface area contributed by atoms with Gasteiger partial charge in [0.1, 0.15) is 0 Å². The summed E-state index contributed by atoms with van der Waals surface area (Å²) in [6, 6.07) is 13.9. The zero-order valence-corrected chi connectivity index (χ0v) is 16.2. The SMILES string of the molecule is O=C(N[C@@H](CN1CCOCC1)c1ccccc1)c1ccc(Br)c([N+](=O)[O-])c1. The summed E-state index contributed by atoms with van der Waals surface area (Å²) >= 11 is 3.14. The van der Waals surface area contributed by atoms with Crippen molar-refractivity contribution in [3.8, 4) is 0 Å². The fourth-order valence-electron chi connectivity index (χ4n) is 3.00. The molecular formula is C19H20BrN3O4. The number of hydrogen-bond acceptors (Lipinski definition) is 5. The largest absolute Gasteiger partial charge is 0.379 e. The molecule has 2 aromatic carbocycles. The molecule has 0 aromatic heterocycles. The maximum atomic E-state index is 12.8. The first kappa shape index (κ1) is 19.5. The van der Waals surface area contributed by atoms with Crippen LogP contribution in [0.3, 0.4) is 0 Å². The Morgan fingerprint density at radius 2 is 1.93 bits per heavy atom. The molecule has 1 aliphatic rings. The molecule has 1 amide bonds. The number of morpholine rings is 1. The number of halogens is 1. The summed E-state index contributed by atoms with van der Waals surface area (Å²) in [4.78, 5) is 25.6. The normalized spacial score (nSPS) is 15.9. The molecule has 1 heterocycles. The number of carbonyl (C=O) groups is 1. The number of benzene rings is 2. The maximum absolute atomic E-state index is 12.8. The number of rotatable bonds is 6. The van der Waals surface area contributed by atoms with Crippen LogP contribution in [0.15, 0.2) is 53.0 Å². The molecule has 27 heavy (non-hydrogen) atoms. The zero-order chi connectivity index (χ0) is 19.2. The van der Waals surface area contributed by atoms with Gasteiger partial charge in [-0.3, -0.25) is 19.8 Å². The van der Waals surface area contributed by atoms with Crippen LogP contribution in [0.4, 0.5) is 5.69 Å². The van der Waals surface area contributed by atoms with E-state index in [0.29, 0.717) is 24.2 Å². The Balaban J connectivity index is 1.79. The summed E-state index contributed by atoms with van der Waals surface area (Å²) in [5.74, 6) is -0.340. The van der Waals surface area contributed by atoms with Crippen LogP contribution in [-0.4, -0.2) is 48.6 Å². The number of amides is 1. The summed E-state index contributed by atoms with van der Waals surface area (Å²) < 4.78 is 5.73. The molecule has 0 bridgehead atoms. The lowest BCUT2D eigenvalue weighted by molar-refractivity contribution is -0.385. The first-order chi connectivity index (χ1) is 13.0. The molecule has 0 unspecified atom stereocenters. The number of nitrogens with one attached hydrogen (secondary N) is 1. The lowest BCUT2D eigenvalue weighted by atomic mass is 10.1. The van der Waals surface area contributed by atoms with E-state index in [1.54, 1.807) is 6.07 Å². The smallest absolute Gasteiger partial charge is 0.284 e. The quantitative estimate of drug-likeness (QED) is 0.558. The van der Waals surface area contributed by atoms with Crippen molar-refractivity contribution in [3.05, 3.63) is 74.2 Å². The minimum absolute atomic E-state index is 0.132. The highest BCUT2D eigenvalue weighted by atomic mass is 79.9. The topological polar surface area (TPSA) is 84.7 Å². The summed E-state index contributed by atoms with van der Waals surface area (Å²) in [7, 11) is 0. The van der Waals surface area contributed by atoms with E-state index in [1.165, 1.54) is 12.1 Å². The van der Waals surface area contributed by atoms with Gasteiger partial charge in [-0.15, -0.1) is 0 Å². The molecule has 8 heteroatoms. The van der Waals surface area contributed by atoms with E-state index in [9.17, 15) is 14.9 Å². The van der Waals surface area contributed by atoms with Crippen molar-refractivity contribution in [1.82, 2.24) is 10.2 Å². The number of hydrogen-bond donors (Lipinski definition) is 1. The van der Waals surface area contributed by atoms with Gasteiger partial charge in [0.2, 0.25) is 0 Å². The fraction of sp³-hybridized carbons (Fsp3) is 0.316. The Hall–Kier alpha value is -2.29. The molecule has 0 radical (unpaired) electrons. The number of nitrogens with zero attached hydrogens (tertiary/aromatic N) is 2. The van der Waals surface area contributed by atoms with Crippen LogP contribution in [0, 0.1) is 10.1 Å². The van der Waals surface area contributed by atoms with E-state index in [4.69, 9.17) is 4.74 Å². The molecular weight excluding hydrogens is 414 g/mol. The Morgan fingerprint density at radius 1 is 1.22 bits per heavy atom. The van der Waals surface area contributed by atoms with E-state index < -0.39 is 4.92 Å². The minimum atomic E-state index is -0.511. The second kappa shape index (κ2) is 9.07. The van der Waals surface area contributed by atoms with Crippen molar-refractivity contribution >= 4 is 27.5 Å². The Kier molecular flexibility index (Phi) is 6.54. The van der Waals surface area contributed by atoms with Crippen molar-refractivity contribution in [2.75, 3.05) is 32.8 Å². The maximum Gasteiger partial charge on any atom is 0.284 e. The summed E-state index contributed by atoms with van der Waals surface area (Å²) in [5, 5.41) is 14.2. The average Bonchev–Trinajstić information content (AvgIpc) is 2.69. The second-order valence-corrected chi connectivity index (χ2v) is 7.13. The highest BCUT2D eigenvalue weighted by Gasteiger charge is 2.22. The molecule has 0 saturated carbocycles. The van der Waals surface area contributed by atoms with Gasteiger partial charge in [0.15, 0.2) is 0 Å². The second-order valence-electron chi connectivity index (χ2n) is 6.27. The van der Waals surface area contributed by atoms with Gasteiger partial charge in [-0.25, -0.2) is 0 Å². The number of carbonyl (C=O) groups excluding carboxylic acids is 1. The molecule has 1 fully saturated rings. The summed E-state index contributed by atoms with van der Waals surface area (Å²) in [5.41, 5.74) is 1.11. The molecule has 2 aromatic rings. The lowest BCUT2D eigenvalue weighted by Gasteiger charge is -2.31. The third-order valence-corrected chi connectivity index (χ3v) is 5.13. The molecule has 142 valence electrons. The van der Waals surface area contributed by atoms with Gasteiger partial charge in [0.05, 0.1) is 28.7 Å². The highest BCUT2D eigenvalue weighted by molar-refractivity contribution is 9.10. The van der Waals surface area contributed by atoms with E-state index in [2.05, 4.69) is 26.1 Å². The van der Waals surface area contributed by atoms with Gasteiger partial charge >= 0.3 is 0 Å². The van der Waals surface area contributed by atoms with Crippen molar-refractivity contribution in [2.45, 2.75) is 6.04 Å². The lowest BCUT2D eigenvalue weighted by Crippen LogP contribution is -2.43. The Labute approximate surface area is 165 Å². The van der Waals surface area contributed by atoms with Gasteiger partial charge < -0.3 is 10.1 Å². The van der Waals surface area contributed by atoms with Crippen LogP contribution < -0.4 is 5.32 Å². The molecule has 3 rings (SSSR count). The van der Waals surface area contributed by atoms with Crippen molar-refractivity contribution in [3.63, 3.8) is 0 Å². The number of ether oxygens (including phenoxy) is 1. The molecule has 1 saturated heterocycles. The van der Waals surface area contributed by atoms with Crippen LogP contribution >= 0.6 is 15.9 Å². The molecule has 1 aliphatic heterocycles. The van der Waals surface area contributed by atoms with Crippen LogP contribution in [-0.2, 0) is 4.74 Å². The van der Waals surface area contributed by atoms with Crippen LogP contribution in [0.1, 0.15) is 22.0 Å². The summed E-state index contributed by atoms with van der Waals surface area (Å²) in [6.07, 6.45) is 0. The molecule has 0 aliphatic carbocycles. The van der Waals surface area contributed by atoms with Crippen molar-refractivity contribution < 1.29 is 14.5 Å². The van der Waals surface area contributed by atoms with E-state index in [0.717, 1.165) is 18.7 Å². The highest BCUT2D eigenvalue weighted by Crippen LogP contribution is 2.26. The molecule has 7 nitrogen and oxygen atoms in total. The predicted octanol–water partition coefficient (Wildman–Crippen LogP) is 3.16. The molecule has 1 atom stereocenters. The van der Waals surface area contributed by atoms with Gasteiger partial charge in [0.25, 0.3) is 11.6 Å². The van der Waals surface area contributed by atoms with Gasteiger partial charge in [-0.1, -0.05) is 30.3 Å². The zero-order valence-electron chi connectivity index (χ0n) is 14.6. The van der Waals surface area contributed by atoms with Gasteiger partial charge in [0, 0.05) is 31.3 Å². The average molecular weight is 434 g/mol. The predicted molar refractivity (Wildman–Crippen MR) is 105 cm³/mol. The first-order valence-corrected chi connectivity index (χ1v) is 9.44. The van der Waals surface area contributed by atoms with Gasteiger partial charge in [-0.05, 0) is 33.6 Å². The number of nitro benzene ring substituents is 1. The third-order valence-electron chi connectivity index (χ3n) is 4.46. The van der Waals surface area contributed by atoms with E-state index >= 15 is 0 Å². The Bertz CT molecular complexity index is 810. The molecule has 1 N–H and O–H groups in total. The number of nitro groups is 1. The van der Waals surface area contributed by atoms with Crippen LogP contribution in [0.2, 0.25) is 0 Å². The van der Waals surface area contributed by atoms with E-state index in [1.807, 2.05) is 30.3 Å². The third kappa shape index (κ3) is 5.12. The van der Waals surface area contributed by atoms with Gasteiger partial charge in [-0.2, -0.15) is 0 Å². The van der Waals surface area contributed by atoms with Crippen molar-refractivity contribution in [2.24, 2.45) is 0 Å². The van der Waals surface area contributed by atoms with E-state index in [-0.39, 0.29) is 23.2 Å². The monoisotopic (exact) mass is 433 g/mol. The standard InChI is InChI=1S/C19H20BrN3O4/c20-16-7-6-15(12-18(16)23(25)26)19(24)21-17(14-4-2-1-3-5-14)13-22-8-10-27-11-9-22/h1-7,12,17H,8-11,13H2,(H,21,24)/t17-/m0/s1.